The predicted octanol–water partition coefficient (Wildman–Crippen LogP) is 2.24. The predicted molar refractivity (Wildman–Crippen MR) is 127 cm³/mol. The molecule has 0 radical (unpaired) electrons. The molecule has 0 saturated carbocycles. The molecule has 0 bridgehead atoms. The molecule has 2 fully saturated rings. The Kier molecular flexibility index (Phi) is 5.93. The van der Waals surface area contributed by atoms with E-state index in [1.54, 1.807) is 6.33 Å². The van der Waals surface area contributed by atoms with Gasteiger partial charge in [-0.2, -0.15) is 5.10 Å². The normalized spacial score (nSPS) is 19.1. The standard InChI is InChI=1S/C24H30N8O/c1-18-14-19(2)32(28-18)23-15-22(26-17-27-23)31-9-5-6-20(16-31)24(33)30-12-10-29(11-13-30)21-7-3-4-8-25-21/h3-4,7-8,14-15,17,20H,5-6,9-13,16H2,1-2H3. The summed E-state index contributed by atoms with van der Waals surface area (Å²) in [4.78, 5) is 33.2. The lowest BCUT2D eigenvalue weighted by atomic mass is 9.96. The van der Waals surface area contributed by atoms with Gasteiger partial charge in [-0.3, -0.25) is 4.79 Å². The van der Waals surface area contributed by atoms with E-state index in [4.69, 9.17) is 0 Å². The minimum atomic E-state index is -0.00718. The average molecular weight is 447 g/mol. The van der Waals surface area contributed by atoms with Gasteiger partial charge < -0.3 is 14.7 Å². The van der Waals surface area contributed by atoms with E-state index in [1.165, 1.54) is 0 Å². The van der Waals surface area contributed by atoms with Crippen molar-refractivity contribution in [2.45, 2.75) is 26.7 Å². The van der Waals surface area contributed by atoms with Gasteiger partial charge in [-0.1, -0.05) is 6.07 Å². The number of nitrogens with zero attached hydrogens (tertiary/aromatic N) is 8. The van der Waals surface area contributed by atoms with E-state index in [0.717, 1.165) is 74.4 Å². The van der Waals surface area contributed by atoms with Crippen LogP contribution in [0.25, 0.3) is 5.82 Å². The van der Waals surface area contributed by atoms with E-state index in [0.29, 0.717) is 6.54 Å². The third kappa shape index (κ3) is 4.53. The summed E-state index contributed by atoms with van der Waals surface area (Å²) in [6.45, 7) is 8.68. The molecule has 2 aliphatic heterocycles. The van der Waals surface area contributed by atoms with E-state index in [-0.39, 0.29) is 11.8 Å². The second-order valence-electron chi connectivity index (χ2n) is 8.86. The monoisotopic (exact) mass is 446 g/mol. The highest BCUT2D eigenvalue weighted by Crippen LogP contribution is 2.25. The van der Waals surface area contributed by atoms with Crippen LogP contribution in [0.2, 0.25) is 0 Å². The molecule has 1 unspecified atom stereocenters. The summed E-state index contributed by atoms with van der Waals surface area (Å²) in [6, 6.07) is 9.96. The number of piperidine rings is 1. The maximum Gasteiger partial charge on any atom is 0.227 e. The third-order valence-electron chi connectivity index (χ3n) is 6.52. The molecule has 3 aromatic heterocycles. The molecule has 0 aliphatic carbocycles. The van der Waals surface area contributed by atoms with Gasteiger partial charge >= 0.3 is 0 Å². The van der Waals surface area contributed by atoms with Crippen LogP contribution < -0.4 is 9.80 Å². The summed E-state index contributed by atoms with van der Waals surface area (Å²) < 4.78 is 1.84. The molecule has 0 N–H and O–H groups in total. The zero-order valence-corrected chi connectivity index (χ0v) is 19.3. The number of amides is 1. The number of aryl methyl sites for hydroxylation is 2. The van der Waals surface area contributed by atoms with Crippen LogP contribution in [-0.4, -0.2) is 74.8 Å². The maximum atomic E-state index is 13.3. The van der Waals surface area contributed by atoms with Crippen molar-refractivity contribution in [2.75, 3.05) is 49.1 Å². The van der Waals surface area contributed by atoms with E-state index in [9.17, 15) is 4.79 Å². The van der Waals surface area contributed by atoms with E-state index >= 15 is 0 Å². The van der Waals surface area contributed by atoms with E-state index in [2.05, 4.69) is 29.9 Å². The van der Waals surface area contributed by atoms with Gasteiger partial charge in [0.2, 0.25) is 5.91 Å². The molecule has 9 heteroatoms. The Bertz CT molecular complexity index is 1110. The van der Waals surface area contributed by atoms with Crippen molar-refractivity contribution in [1.29, 1.82) is 0 Å². The number of hydrogen-bond donors (Lipinski definition) is 0. The Labute approximate surface area is 194 Å². The molecule has 2 aliphatic rings. The van der Waals surface area contributed by atoms with Crippen LogP contribution in [0.15, 0.2) is 42.9 Å². The van der Waals surface area contributed by atoms with Crippen molar-refractivity contribution in [3.8, 4) is 5.82 Å². The fourth-order valence-electron chi connectivity index (χ4n) is 4.83. The number of aromatic nitrogens is 5. The van der Waals surface area contributed by atoms with E-state index < -0.39 is 0 Å². The molecular weight excluding hydrogens is 416 g/mol. The molecule has 33 heavy (non-hydrogen) atoms. The fraction of sp³-hybridized carbons (Fsp3) is 0.458. The minimum absolute atomic E-state index is 0.00718. The quantitative estimate of drug-likeness (QED) is 0.608. The van der Waals surface area contributed by atoms with Crippen molar-refractivity contribution in [3.05, 3.63) is 54.2 Å². The summed E-state index contributed by atoms with van der Waals surface area (Å²) in [5.74, 6) is 2.84. The molecule has 172 valence electrons. The lowest BCUT2D eigenvalue weighted by molar-refractivity contribution is -0.136. The summed E-state index contributed by atoms with van der Waals surface area (Å²) >= 11 is 0. The topological polar surface area (TPSA) is 83.3 Å². The summed E-state index contributed by atoms with van der Waals surface area (Å²) in [7, 11) is 0. The second kappa shape index (κ2) is 9.17. The first-order chi connectivity index (χ1) is 16.1. The van der Waals surface area contributed by atoms with Crippen LogP contribution in [-0.2, 0) is 4.79 Å². The third-order valence-corrected chi connectivity index (χ3v) is 6.52. The number of piperazine rings is 1. The first kappa shape index (κ1) is 21.4. The van der Waals surface area contributed by atoms with Crippen LogP contribution in [0, 0.1) is 19.8 Å². The Balaban J connectivity index is 1.24. The highest BCUT2D eigenvalue weighted by molar-refractivity contribution is 5.80. The Hall–Kier alpha value is -3.49. The molecule has 5 heterocycles. The van der Waals surface area contributed by atoms with Gasteiger partial charge in [-0.05, 0) is 44.9 Å². The van der Waals surface area contributed by atoms with Crippen molar-refractivity contribution in [1.82, 2.24) is 29.6 Å². The van der Waals surface area contributed by atoms with Crippen LogP contribution >= 0.6 is 0 Å². The molecule has 5 rings (SSSR count). The SMILES string of the molecule is Cc1cc(C)n(-c2cc(N3CCCC(C(=O)N4CCN(c5ccccn5)CC4)C3)ncn2)n1. The van der Waals surface area contributed by atoms with Gasteiger partial charge in [-0.15, -0.1) is 0 Å². The zero-order valence-electron chi connectivity index (χ0n) is 19.3. The first-order valence-corrected chi connectivity index (χ1v) is 11.6. The summed E-state index contributed by atoms with van der Waals surface area (Å²) in [5.41, 5.74) is 1.99. The number of hydrogen-bond acceptors (Lipinski definition) is 7. The number of rotatable bonds is 4. The largest absolute Gasteiger partial charge is 0.356 e. The molecule has 2 saturated heterocycles. The van der Waals surface area contributed by atoms with Crippen LogP contribution in [0.5, 0.6) is 0 Å². The van der Waals surface area contributed by atoms with Crippen LogP contribution in [0.1, 0.15) is 24.2 Å². The van der Waals surface area contributed by atoms with Crippen molar-refractivity contribution in [3.63, 3.8) is 0 Å². The van der Waals surface area contributed by atoms with Crippen LogP contribution in [0.3, 0.4) is 0 Å². The van der Waals surface area contributed by atoms with Crippen molar-refractivity contribution >= 4 is 17.5 Å². The fourth-order valence-corrected chi connectivity index (χ4v) is 4.83. The number of pyridine rings is 1. The van der Waals surface area contributed by atoms with E-state index in [1.807, 2.05) is 60.0 Å². The zero-order chi connectivity index (χ0) is 22.8. The number of anilines is 2. The van der Waals surface area contributed by atoms with Crippen LogP contribution in [0.4, 0.5) is 11.6 Å². The van der Waals surface area contributed by atoms with Crippen molar-refractivity contribution in [2.24, 2.45) is 5.92 Å². The molecule has 1 atom stereocenters. The molecule has 0 aromatic carbocycles. The Morgan fingerprint density at radius 2 is 1.73 bits per heavy atom. The van der Waals surface area contributed by atoms with Gasteiger partial charge in [0.05, 0.1) is 11.6 Å². The van der Waals surface area contributed by atoms with Gasteiger partial charge in [0.15, 0.2) is 5.82 Å². The Morgan fingerprint density at radius 3 is 2.45 bits per heavy atom. The second-order valence-corrected chi connectivity index (χ2v) is 8.86. The van der Waals surface area contributed by atoms with Gasteiger partial charge in [0.1, 0.15) is 18.0 Å². The lowest BCUT2D eigenvalue weighted by Gasteiger charge is -2.39. The lowest BCUT2D eigenvalue weighted by Crippen LogP contribution is -2.52. The summed E-state index contributed by atoms with van der Waals surface area (Å²) in [6.07, 6.45) is 5.30. The number of carbonyl (C=O) groups is 1. The summed E-state index contributed by atoms with van der Waals surface area (Å²) in [5, 5.41) is 4.54. The first-order valence-electron chi connectivity index (χ1n) is 11.6. The van der Waals surface area contributed by atoms with Gasteiger partial charge in [0, 0.05) is 57.2 Å². The van der Waals surface area contributed by atoms with Gasteiger partial charge in [0.25, 0.3) is 0 Å². The van der Waals surface area contributed by atoms with Gasteiger partial charge in [-0.25, -0.2) is 19.6 Å². The average Bonchev–Trinajstić information content (AvgIpc) is 3.22. The molecule has 3 aromatic rings. The molecule has 1 amide bonds. The Morgan fingerprint density at radius 1 is 0.909 bits per heavy atom. The molecular formula is C24H30N8O. The number of carbonyl (C=O) groups excluding carboxylic acids is 1. The van der Waals surface area contributed by atoms with Crippen molar-refractivity contribution < 1.29 is 4.79 Å². The molecule has 9 nitrogen and oxygen atoms in total. The highest BCUT2D eigenvalue weighted by Gasteiger charge is 2.32. The highest BCUT2D eigenvalue weighted by atomic mass is 16.2. The maximum absolute atomic E-state index is 13.3. The smallest absolute Gasteiger partial charge is 0.227 e. The molecule has 0 spiro atoms. The minimum Gasteiger partial charge on any atom is -0.356 e.